The lowest BCUT2D eigenvalue weighted by Crippen LogP contribution is -2.08. The van der Waals surface area contributed by atoms with E-state index in [1.165, 1.54) is 17.4 Å². The molecular formula is C13H15ClN2. The summed E-state index contributed by atoms with van der Waals surface area (Å²) in [7, 11) is 0. The Labute approximate surface area is 101 Å². The lowest BCUT2D eigenvalue weighted by molar-refractivity contribution is 0.770. The van der Waals surface area contributed by atoms with Crippen molar-refractivity contribution in [2.24, 2.45) is 0 Å². The zero-order valence-electron chi connectivity index (χ0n) is 9.02. The number of hydrogen-bond acceptors (Lipinski definition) is 2. The molecule has 16 heavy (non-hydrogen) atoms. The first-order valence-corrected chi connectivity index (χ1v) is 5.49. The predicted molar refractivity (Wildman–Crippen MR) is 69.2 cm³/mol. The monoisotopic (exact) mass is 234 g/mol. The number of nitrogens with one attached hydrogen (secondary N) is 1. The van der Waals surface area contributed by atoms with E-state index in [0.29, 0.717) is 5.92 Å². The van der Waals surface area contributed by atoms with E-state index in [-0.39, 0.29) is 12.4 Å². The van der Waals surface area contributed by atoms with E-state index >= 15 is 0 Å². The van der Waals surface area contributed by atoms with Crippen LogP contribution in [0.15, 0.2) is 36.5 Å². The lowest BCUT2D eigenvalue weighted by atomic mass is 9.94. The summed E-state index contributed by atoms with van der Waals surface area (Å²) < 4.78 is 0. The molecule has 0 bridgehead atoms. The quantitative estimate of drug-likeness (QED) is 0.821. The van der Waals surface area contributed by atoms with Gasteiger partial charge < -0.3 is 5.32 Å². The fourth-order valence-electron chi connectivity index (χ4n) is 2.40. The molecule has 1 aliphatic heterocycles. The van der Waals surface area contributed by atoms with Gasteiger partial charge in [0.25, 0.3) is 0 Å². The molecule has 1 aromatic carbocycles. The summed E-state index contributed by atoms with van der Waals surface area (Å²) in [5.74, 6) is 0.665. The second-order valence-corrected chi connectivity index (χ2v) is 4.11. The van der Waals surface area contributed by atoms with Crippen LogP contribution in [0, 0.1) is 0 Å². The van der Waals surface area contributed by atoms with Gasteiger partial charge in [0, 0.05) is 18.1 Å². The van der Waals surface area contributed by atoms with Gasteiger partial charge in [-0.3, -0.25) is 4.98 Å². The standard InChI is InChI=1S/C13H14N2.ClH/c1-3-11(10-6-8-14-9-10)12-4-2-7-15-13(12)5-1;/h1-5,7,10,14H,6,8-9H2;1H. The molecule has 0 saturated carbocycles. The fourth-order valence-corrected chi connectivity index (χ4v) is 2.40. The molecule has 0 spiro atoms. The van der Waals surface area contributed by atoms with E-state index in [1.807, 2.05) is 12.3 Å². The normalized spacial score (nSPS) is 19.6. The van der Waals surface area contributed by atoms with Crippen LogP contribution in [0.4, 0.5) is 0 Å². The third-order valence-corrected chi connectivity index (χ3v) is 3.18. The van der Waals surface area contributed by atoms with Gasteiger partial charge >= 0.3 is 0 Å². The van der Waals surface area contributed by atoms with Gasteiger partial charge in [-0.25, -0.2) is 0 Å². The minimum Gasteiger partial charge on any atom is -0.316 e. The average molecular weight is 235 g/mol. The highest BCUT2D eigenvalue weighted by Gasteiger charge is 2.18. The Hall–Kier alpha value is -1.12. The predicted octanol–water partition coefficient (Wildman–Crippen LogP) is 2.73. The number of pyridine rings is 1. The maximum atomic E-state index is 4.39. The summed E-state index contributed by atoms with van der Waals surface area (Å²) in [5, 5.41) is 4.73. The molecule has 1 unspecified atom stereocenters. The lowest BCUT2D eigenvalue weighted by Gasteiger charge is -2.11. The number of halogens is 1. The first kappa shape index (κ1) is 11.4. The van der Waals surface area contributed by atoms with Gasteiger partial charge in [0.1, 0.15) is 0 Å². The van der Waals surface area contributed by atoms with Crippen molar-refractivity contribution in [2.45, 2.75) is 12.3 Å². The number of benzene rings is 1. The summed E-state index contributed by atoms with van der Waals surface area (Å²) in [6.45, 7) is 2.25. The zero-order chi connectivity index (χ0) is 10.1. The van der Waals surface area contributed by atoms with Gasteiger partial charge in [0.05, 0.1) is 5.52 Å². The molecule has 1 N–H and O–H groups in total. The van der Waals surface area contributed by atoms with E-state index in [2.05, 4.69) is 34.6 Å². The van der Waals surface area contributed by atoms with Crippen LogP contribution in [0.3, 0.4) is 0 Å². The Morgan fingerprint density at radius 3 is 2.94 bits per heavy atom. The summed E-state index contributed by atoms with van der Waals surface area (Å²) in [6.07, 6.45) is 3.10. The largest absolute Gasteiger partial charge is 0.316 e. The molecule has 3 heteroatoms. The first-order valence-electron chi connectivity index (χ1n) is 5.49. The maximum Gasteiger partial charge on any atom is 0.0704 e. The van der Waals surface area contributed by atoms with Crippen molar-refractivity contribution in [1.29, 1.82) is 0 Å². The number of aromatic nitrogens is 1. The first-order chi connectivity index (χ1) is 7.45. The molecule has 1 aromatic heterocycles. The summed E-state index contributed by atoms with van der Waals surface area (Å²) in [4.78, 5) is 4.39. The van der Waals surface area contributed by atoms with Crippen LogP contribution in [0.25, 0.3) is 10.9 Å². The van der Waals surface area contributed by atoms with Crippen LogP contribution in [-0.2, 0) is 0 Å². The Balaban J connectivity index is 0.000000963. The Morgan fingerprint density at radius 1 is 1.19 bits per heavy atom. The Bertz CT molecular complexity index is 473. The zero-order valence-corrected chi connectivity index (χ0v) is 9.83. The van der Waals surface area contributed by atoms with E-state index in [1.54, 1.807) is 0 Å². The molecule has 1 aliphatic rings. The molecule has 2 heterocycles. The van der Waals surface area contributed by atoms with Crippen LogP contribution < -0.4 is 5.32 Å². The minimum absolute atomic E-state index is 0. The average Bonchev–Trinajstić information content (AvgIpc) is 2.82. The summed E-state index contributed by atoms with van der Waals surface area (Å²) in [6, 6.07) is 10.6. The van der Waals surface area contributed by atoms with Gasteiger partial charge in [-0.15, -0.1) is 12.4 Å². The van der Waals surface area contributed by atoms with Crippen LogP contribution in [-0.4, -0.2) is 18.1 Å². The molecule has 2 aromatic rings. The fraction of sp³-hybridized carbons (Fsp3) is 0.308. The summed E-state index contributed by atoms with van der Waals surface area (Å²) in [5.41, 5.74) is 2.56. The van der Waals surface area contributed by atoms with Gasteiger partial charge in [0.15, 0.2) is 0 Å². The molecule has 1 atom stereocenters. The van der Waals surface area contributed by atoms with Crippen molar-refractivity contribution in [3.63, 3.8) is 0 Å². The highest BCUT2D eigenvalue weighted by Crippen LogP contribution is 2.28. The van der Waals surface area contributed by atoms with Crippen molar-refractivity contribution < 1.29 is 0 Å². The van der Waals surface area contributed by atoms with Crippen molar-refractivity contribution in [3.8, 4) is 0 Å². The van der Waals surface area contributed by atoms with Crippen LogP contribution >= 0.6 is 12.4 Å². The maximum absolute atomic E-state index is 4.39. The second-order valence-electron chi connectivity index (χ2n) is 4.11. The van der Waals surface area contributed by atoms with E-state index < -0.39 is 0 Å². The Kier molecular flexibility index (Phi) is 3.42. The molecule has 1 fully saturated rings. The van der Waals surface area contributed by atoms with Crippen molar-refractivity contribution in [3.05, 3.63) is 42.1 Å². The van der Waals surface area contributed by atoms with Crippen LogP contribution in [0.1, 0.15) is 17.9 Å². The highest BCUT2D eigenvalue weighted by molar-refractivity contribution is 5.85. The highest BCUT2D eigenvalue weighted by atomic mass is 35.5. The third-order valence-electron chi connectivity index (χ3n) is 3.18. The van der Waals surface area contributed by atoms with E-state index in [0.717, 1.165) is 18.6 Å². The molecular weight excluding hydrogens is 220 g/mol. The molecule has 84 valence electrons. The Morgan fingerprint density at radius 2 is 2.12 bits per heavy atom. The molecule has 1 saturated heterocycles. The number of nitrogens with zero attached hydrogens (tertiary/aromatic N) is 1. The van der Waals surface area contributed by atoms with Crippen LogP contribution in [0.5, 0.6) is 0 Å². The topological polar surface area (TPSA) is 24.9 Å². The molecule has 0 aliphatic carbocycles. The van der Waals surface area contributed by atoms with Crippen molar-refractivity contribution >= 4 is 23.3 Å². The number of hydrogen-bond donors (Lipinski definition) is 1. The minimum atomic E-state index is 0. The molecule has 2 nitrogen and oxygen atoms in total. The summed E-state index contributed by atoms with van der Waals surface area (Å²) >= 11 is 0. The van der Waals surface area contributed by atoms with E-state index in [4.69, 9.17) is 0 Å². The van der Waals surface area contributed by atoms with Gasteiger partial charge in [-0.05, 0) is 36.6 Å². The number of rotatable bonds is 1. The van der Waals surface area contributed by atoms with Crippen molar-refractivity contribution in [1.82, 2.24) is 10.3 Å². The smallest absolute Gasteiger partial charge is 0.0704 e. The van der Waals surface area contributed by atoms with Gasteiger partial charge in [0.2, 0.25) is 0 Å². The van der Waals surface area contributed by atoms with Crippen molar-refractivity contribution in [2.75, 3.05) is 13.1 Å². The molecule has 0 amide bonds. The third kappa shape index (κ3) is 1.91. The van der Waals surface area contributed by atoms with Gasteiger partial charge in [-0.2, -0.15) is 0 Å². The number of fused-ring (bicyclic) bond motifs is 1. The van der Waals surface area contributed by atoms with Gasteiger partial charge in [-0.1, -0.05) is 18.2 Å². The molecule has 0 radical (unpaired) electrons. The van der Waals surface area contributed by atoms with Crippen LogP contribution in [0.2, 0.25) is 0 Å². The SMILES string of the molecule is Cl.c1cc(C2CCNC2)c2cccnc2c1. The second kappa shape index (κ2) is 4.81. The van der Waals surface area contributed by atoms with E-state index in [9.17, 15) is 0 Å². The molecule has 3 rings (SSSR count).